The average molecular weight is 401 g/mol. The molecule has 0 amide bonds. The fourth-order valence-corrected chi connectivity index (χ4v) is 4.83. The number of piperidine rings is 1. The summed E-state index contributed by atoms with van der Waals surface area (Å²) in [7, 11) is -3.51. The van der Waals surface area contributed by atoms with Crippen molar-refractivity contribution in [2.45, 2.75) is 30.6 Å². The van der Waals surface area contributed by atoms with Crippen molar-refractivity contribution in [3.05, 3.63) is 65.8 Å². The lowest BCUT2D eigenvalue weighted by molar-refractivity contribution is 0.271. The summed E-state index contributed by atoms with van der Waals surface area (Å²) in [5, 5.41) is 3.89. The molecule has 2 heterocycles. The van der Waals surface area contributed by atoms with Crippen molar-refractivity contribution in [3.63, 3.8) is 0 Å². The molecule has 1 saturated heterocycles. The quantitative estimate of drug-likeness (QED) is 0.665. The Hall–Kier alpha value is -2.58. The Labute approximate surface area is 163 Å². The van der Waals surface area contributed by atoms with Crippen molar-refractivity contribution in [1.29, 1.82) is 0 Å². The number of aryl methyl sites for hydroxylation is 1. The predicted octanol–water partition coefficient (Wildman–Crippen LogP) is 3.75. The van der Waals surface area contributed by atoms with Crippen molar-refractivity contribution in [3.8, 4) is 11.4 Å². The van der Waals surface area contributed by atoms with Crippen LogP contribution in [0.25, 0.3) is 11.4 Å². The van der Waals surface area contributed by atoms with Crippen LogP contribution in [-0.4, -0.2) is 36.0 Å². The molecule has 0 aliphatic carbocycles. The minimum atomic E-state index is -3.51. The van der Waals surface area contributed by atoms with Gasteiger partial charge in [0.05, 0.1) is 10.5 Å². The lowest BCUT2D eigenvalue weighted by Crippen LogP contribution is -2.37. The molecule has 3 aromatic rings. The van der Waals surface area contributed by atoms with Crippen molar-refractivity contribution in [2.75, 3.05) is 13.1 Å². The van der Waals surface area contributed by atoms with Crippen LogP contribution < -0.4 is 0 Å². The monoisotopic (exact) mass is 401 g/mol. The molecule has 0 spiro atoms. The molecule has 1 aromatic heterocycles. The van der Waals surface area contributed by atoms with Crippen molar-refractivity contribution in [2.24, 2.45) is 0 Å². The van der Waals surface area contributed by atoms with E-state index in [0.717, 1.165) is 5.56 Å². The van der Waals surface area contributed by atoms with Gasteiger partial charge in [0.15, 0.2) is 0 Å². The highest BCUT2D eigenvalue weighted by Crippen LogP contribution is 2.31. The number of nitrogens with zero attached hydrogens (tertiary/aromatic N) is 3. The van der Waals surface area contributed by atoms with Gasteiger partial charge in [0, 0.05) is 19.0 Å². The first-order valence-electron chi connectivity index (χ1n) is 9.10. The molecule has 0 unspecified atom stereocenters. The first-order valence-corrected chi connectivity index (χ1v) is 10.5. The first-order chi connectivity index (χ1) is 13.4. The van der Waals surface area contributed by atoms with E-state index >= 15 is 0 Å². The SMILES string of the molecule is Cc1ccc(S(=O)(=O)N2CCC(c3nc(-c4ccccc4F)no3)CC2)cc1. The van der Waals surface area contributed by atoms with Crippen LogP contribution in [0, 0.1) is 12.7 Å². The zero-order valence-electron chi connectivity index (χ0n) is 15.4. The van der Waals surface area contributed by atoms with Gasteiger partial charge in [-0.15, -0.1) is 0 Å². The molecule has 6 nitrogen and oxygen atoms in total. The van der Waals surface area contributed by atoms with Crippen LogP contribution in [0.1, 0.15) is 30.2 Å². The molecule has 0 atom stereocenters. The van der Waals surface area contributed by atoms with Gasteiger partial charge in [0.2, 0.25) is 21.7 Å². The fraction of sp³-hybridized carbons (Fsp3) is 0.300. The zero-order valence-corrected chi connectivity index (χ0v) is 16.2. The number of hydrogen-bond donors (Lipinski definition) is 0. The summed E-state index contributed by atoms with van der Waals surface area (Å²) in [5.74, 6) is 0.180. The van der Waals surface area contributed by atoms with Crippen LogP contribution in [0.2, 0.25) is 0 Å². The summed E-state index contributed by atoms with van der Waals surface area (Å²) in [6, 6.07) is 13.1. The Balaban J connectivity index is 1.46. The maximum atomic E-state index is 13.9. The van der Waals surface area contributed by atoms with E-state index in [4.69, 9.17) is 4.52 Å². The second kappa shape index (κ2) is 7.44. The zero-order chi connectivity index (χ0) is 19.7. The second-order valence-corrected chi connectivity index (χ2v) is 8.87. The standard InChI is InChI=1S/C20H20FN3O3S/c1-14-6-8-16(9-7-14)28(25,26)24-12-10-15(11-13-24)20-22-19(23-27-20)17-4-2-3-5-18(17)21/h2-9,15H,10-13H2,1H3. The number of sulfonamides is 1. The highest BCUT2D eigenvalue weighted by atomic mass is 32.2. The van der Waals surface area contributed by atoms with Gasteiger partial charge in [-0.2, -0.15) is 9.29 Å². The van der Waals surface area contributed by atoms with Crippen LogP contribution in [0.15, 0.2) is 57.9 Å². The summed E-state index contributed by atoms with van der Waals surface area (Å²) in [6.45, 7) is 2.67. The largest absolute Gasteiger partial charge is 0.339 e. The third-order valence-electron chi connectivity index (χ3n) is 5.02. The molecule has 8 heteroatoms. The summed E-state index contributed by atoms with van der Waals surface area (Å²) >= 11 is 0. The smallest absolute Gasteiger partial charge is 0.243 e. The van der Waals surface area contributed by atoms with E-state index in [2.05, 4.69) is 10.1 Å². The van der Waals surface area contributed by atoms with E-state index in [1.54, 1.807) is 42.5 Å². The fourth-order valence-electron chi connectivity index (χ4n) is 3.36. The van der Waals surface area contributed by atoms with Gasteiger partial charge < -0.3 is 4.52 Å². The molecule has 1 fully saturated rings. The molecule has 0 N–H and O–H groups in total. The molecule has 0 saturated carbocycles. The number of benzene rings is 2. The lowest BCUT2D eigenvalue weighted by Gasteiger charge is -2.29. The van der Waals surface area contributed by atoms with E-state index in [0.29, 0.717) is 36.7 Å². The molecular formula is C20H20FN3O3S. The summed E-state index contributed by atoms with van der Waals surface area (Å²) < 4.78 is 46.3. The highest BCUT2D eigenvalue weighted by molar-refractivity contribution is 7.89. The van der Waals surface area contributed by atoms with Gasteiger partial charge in [0.1, 0.15) is 5.82 Å². The van der Waals surface area contributed by atoms with Crippen LogP contribution in [0.5, 0.6) is 0 Å². The van der Waals surface area contributed by atoms with Gasteiger partial charge in [0.25, 0.3) is 0 Å². The highest BCUT2D eigenvalue weighted by Gasteiger charge is 2.32. The van der Waals surface area contributed by atoms with Gasteiger partial charge in [-0.05, 0) is 44.0 Å². The Morgan fingerprint density at radius 2 is 1.75 bits per heavy atom. The third kappa shape index (κ3) is 3.57. The maximum Gasteiger partial charge on any atom is 0.243 e. The predicted molar refractivity (Wildman–Crippen MR) is 102 cm³/mol. The molecule has 28 heavy (non-hydrogen) atoms. The molecule has 1 aliphatic rings. The van der Waals surface area contributed by atoms with Gasteiger partial charge in [-0.3, -0.25) is 0 Å². The average Bonchev–Trinajstić information content (AvgIpc) is 3.19. The van der Waals surface area contributed by atoms with E-state index in [-0.39, 0.29) is 17.3 Å². The van der Waals surface area contributed by atoms with Crippen LogP contribution in [0.3, 0.4) is 0 Å². The maximum absolute atomic E-state index is 13.9. The topological polar surface area (TPSA) is 76.3 Å². The van der Waals surface area contributed by atoms with Crippen LogP contribution >= 0.6 is 0 Å². The van der Waals surface area contributed by atoms with E-state index in [1.807, 2.05) is 6.92 Å². The van der Waals surface area contributed by atoms with E-state index in [1.165, 1.54) is 10.4 Å². The van der Waals surface area contributed by atoms with Crippen molar-refractivity contribution < 1.29 is 17.3 Å². The lowest BCUT2D eigenvalue weighted by atomic mass is 9.98. The Kier molecular flexibility index (Phi) is 4.99. The molecule has 1 aliphatic heterocycles. The van der Waals surface area contributed by atoms with Crippen molar-refractivity contribution >= 4 is 10.0 Å². The third-order valence-corrected chi connectivity index (χ3v) is 6.93. The van der Waals surface area contributed by atoms with Crippen LogP contribution in [-0.2, 0) is 10.0 Å². The summed E-state index contributed by atoms with van der Waals surface area (Å²) in [6.07, 6.45) is 1.15. The summed E-state index contributed by atoms with van der Waals surface area (Å²) in [4.78, 5) is 4.64. The molecule has 0 radical (unpaired) electrons. The second-order valence-electron chi connectivity index (χ2n) is 6.93. The van der Waals surface area contributed by atoms with Gasteiger partial charge >= 0.3 is 0 Å². The number of aromatic nitrogens is 2. The first kappa shape index (κ1) is 18.8. The Morgan fingerprint density at radius 3 is 2.43 bits per heavy atom. The molecule has 0 bridgehead atoms. The Bertz CT molecular complexity index is 1070. The number of rotatable bonds is 4. The molecule has 2 aromatic carbocycles. The molecular weight excluding hydrogens is 381 g/mol. The molecule has 4 rings (SSSR count). The van der Waals surface area contributed by atoms with Crippen LogP contribution in [0.4, 0.5) is 4.39 Å². The number of halogens is 1. The van der Waals surface area contributed by atoms with E-state index in [9.17, 15) is 12.8 Å². The minimum Gasteiger partial charge on any atom is -0.339 e. The molecule has 146 valence electrons. The Morgan fingerprint density at radius 1 is 1.07 bits per heavy atom. The van der Waals surface area contributed by atoms with Crippen molar-refractivity contribution in [1.82, 2.24) is 14.4 Å². The van der Waals surface area contributed by atoms with Gasteiger partial charge in [-0.25, -0.2) is 12.8 Å². The normalized spacial score (nSPS) is 16.4. The number of hydrogen-bond acceptors (Lipinski definition) is 5. The van der Waals surface area contributed by atoms with E-state index < -0.39 is 15.8 Å². The van der Waals surface area contributed by atoms with Gasteiger partial charge in [-0.1, -0.05) is 35.0 Å². The summed E-state index contributed by atoms with van der Waals surface area (Å²) in [5.41, 5.74) is 1.30. The minimum absolute atomic E-state index is 0.0440.